The molecule has 222 valence electrons. The van der Waals surface area contributed by atoms with Crippen LogP contribution < -0.4 is 21.5 Å². The fourth-order valence-electron chi connectivity index (χ4n) is 4.25. The quantitative estimate of drug-likeness (QED) is 0.234. The van der Waals surface area contributed by atoms with E-state index in [4.69, 9.17) is 5.84 Å². The van der Waals surface area contributed by atoms with Crippen LogP contribution in [0.5, 0.6) is 0 Å². The fourth-order valence-corrected chi connectivity index (χ4v) is 4.25. The van der Waals surface area contributed by atoms with Crippen LogP contribution in [0, 0.1) is 13.8 Å². The van der Waals surface area contributed by atoms with Crippen molar-refractivity contribution in [3.8, 4) is 0 Å². The normalized spacial score (nSPS) is 12.3. The number of amides is 1. The van der Waals surface area contributed by atoms with Gasteiger partial charge in [-0.25, -0.2) is 5.84 Å². The minimum atomic E-state index is -4.56. The average Bonchev–Trinajstić information content (AvgIpc) is 3.23. The number of hydrogen-bond donors (Lipinski definition) is 3. The van der Waals surface area contributed by atoms with E-state index in [0.29, 0.717) is 24.3 Å². The SMILES string of the molecule is CN/C(=C\N(N)c1cc(C(=O)Nc2cc(CN(C)CCN(C)C)cc(C(F)(F)F)c2)ccc1C)c1cnn(C)c1C. The number of halogens is 3. The molecule has 0 unspecified atom stereocenters. The van der Waals surface area contributed by atoms with Gasteiger partial charge in [-0.1, -0.05) is 6.07 Å². The van der Waals surface area contributed by atoms with Gasteiger partial charge >= 0.3 is 6.18 Å². The van der Waals surface area contributed by atoms with Gasteiger partial charge in [-0.2, -0.15) is 18.3 Å². The summed E-state index contributed by atoms with van der Waals surface area (Å²) in [6.45, 7) is 5.53. The van der Waals surface area contributed by atoms with Crippen LogP contribution in [0.4, 0.5) is 24.5 Å². The van der Waals surface area contributed by atoms with Crippen molar-refractivity contribution in [2.45, 2.75) is 26.6 Å². The highest BCUT2D eigenvalue weighted by molar-refractivity contribution is 6.05. The molecule has 1 amide bonds. The number of alkyl halides is 3. The molecule has 0 saturated heterocycles. The zero-order valence-corrected chi connectivity index (χ0v) is 24.6. The third kappa shape index (κ3) is 8.32. The van der Waals surface area contributed by atoms with Crippen molar-refractivity contribution in [1.29, 1.82) is 0 Å². The molecule has 0 fully saturated rings. The van der Waals surface area contributed by atoms with E-state index in [0.717, 1.165) is 41.2 Å². The summed E-state index contributed by atoms with van der Waals surface area (Å²) in [5.74, 6) is 5.84. The zero-order valence-electron chi connectivity index (χ0n) is 24.6. The lowest BCUT2D eigenvalue weighted by Gasteiger charge is -2.21. The summed E-state index contributed by atoms with van der Waals surface area (Å²) in [5.41, 5.74) is 3.83. The minimum absolute atomic E-state index is 0.0667. The molecule has 0 aliphatic rings. The maximum Gasteiger partial charge on any atom is 0.416 e. The number of aromatic nitrogens is 2. The maximum absolute atomic E-state index is 13.7. The summed E-state index contributed by atoms with van der Waals surface area (Å²) in [6.07, 6.45) is -1.13. The molecule has 9 nitrogen and oxygen atoms in total. The Balaban J connectivity index is 1.87. The first kappa shape index (κ1) is 31.7. The highest BCUT2D eigenvalue weighted by Gasteiger charge is 2.31. The monoisotopic (exact) mass is 572 g/mol. The van der Waals surface area contributed by atoms with Crippen molar-refractivity contribution in [3.63, 3.8) is 0 Å². The summed E-state index contributed by atoms with van der Waals surface area (Å²) in [7, 11) is 9.33. The Kier molecular flexibility index (Phi) is 10.2. The first-order valence-electron chi connectivity index (χ1n) is 13.1. The fraction of sp³-hybridized carbons (Fsp3) is 0.379. The van der Waals surface area contributed by atoms with E-state index in [2.05, 4.69) is 15.7 Å². The van der Waals surface area contributed by atoms with Gasteiger partial charge in [-0.3, -0.25) is 14.5 Å². The number of anilines is 2. The van der Waals surface area contributed by atoms with Gasteiger partial charge < -0.3 is 20.4 Å². The van der Waals surface area contributed by atoms with Gasteiger partial charge in [-0.15, -0.1) is 0 Å². The molecule has 12 heteroatoms. The van der Waals surface area contributed by atoms with Gasteiger partial charge in [0.25, 0.3) is 5.91 Å². The number of hydrazine groups is 1. The summed E-state index contributed by atoms with van der Waals surface area (Å²) < 4.78 is 42.8. The lowest BCUT2D eigenvalue weighted by atomic mass is 10.1. The standard InChI is InChI=1S/C29H39F3N8O/c1-19-8-9-22(14-27(19)40(33)18-26(34-3)25-16-35-39(7)20(25)2)28(41)36-24-13-21(12-23(15-24)29(30,31)32)17-38(6)11-10-37(4)5/h8-9,12-16,18,34H,10-11,17,33H2,1-7H3,(H,36,41)/b26-18-. The van der Waals surface area contributed by atoms with Crippen LogP contribution in [-0.4, -0.2) is 66.8 Å². The molecule has 0 saturated carbocycles. The maximum atomic E-state index is 13.7. The van der Waals surface area contributed by atoms with Gasteiger partial charge in [0.05, 0.1) is 23.1 Å². The van der Waals surface area contributed by atoms with Crippen molar-refractivity contribution in [2.24, 2.45) is 12.9 Å². The number of rotatable bonds is 11. The molecule has 3 aromatic rings. The summed E-state index contributed by atoms with van der Waals surface area (Å²) in [5, 5.41) is 11.4. The van der Waals surface area contributed by atoms with Crippen molar-refractivity contribution in [3.05, 3.63) is 82.3 Å². The van der Waals surface area contributed by atoms with Crippen LogP contribution in [0.3, 0.4) is 0 Å². The average molecular weight is 573 g/mol. The Morgan fingerprint density at radius 1 is 1.10 bits per heavy atom. The second-order valence-corrected chi connectivity index (χ2v) is 10.4. The highest BCUT2D eigenvalue weighted by atomic mass is 19.4. The van der Waals surface area contributed by atoms with E-state index < -0.39 is 17.6 Å². The number of benzene rings is 2. The summed E-state index contributed by atoms with van der Waals surface area (Å²) >= 11 is 0. The van der Waals surface area contributed by atoms with E-state index in [1.807, 2.05) is 51.8 Å². The Morgan fingerprint density at radius 2 is 1.80 bits per heavy atom. The number of carbonyl (C=O) groups is 1. The van der Waals surface area contributed by atoms with E-state index in [1.165, 1.54) is 5.01 Å². The molecule has 4 N–H and O–H groups in total. The minimum Gasteiger partial charge on any atom is -0.386 e. The van der Waals surface area contributed by atoms with Gasteiger partial charge in [0, 0.05) is 62.4 Å². The second kappa shape index (κ2) is 13.2. The molecule has 2 aromatic carbocycles. The van der Waals surface area contributed by atoms with Crippen LogP contribution in [-0.2, 0) is 19.8 Å². The number of nitrogens with zero attached hydrogens (tertiary/aromatic N) is 5. The number of aryl methyl sites for hydroxylation is 2. The van der Waals surface area contributed by atoms with Crippen molar-refractivity contribution < 1.29 is 18.0 Å². The Hall–Kier alpha value is -3.87. The molecular formula is C29H39F3N8O. The predicted molar refractivity (Wildman–Crippen MR) is 157 cm³/mol. The Bertz CT molecular complexity index is 1400. The van der Waals surface area contributed by atoms with Crippen LogP contribution >= 0.6 is 0 Å². The number of nitrogens with two attached hydrogens (primary N) is 1. The molecule has 0 radical (unpaired) electrons. The molecule has 0 spiro atoms. The second-order valence-electron chi connectivity index (χ2n) is 10.4. The first-order valence-corrected chi connectivity index (χ1v) is 13.1. The van der Waals surface area contributed by atoms with E-state index in [9.17, 15) is 18.0 Å². The summed E-state index contributed by atoms with van der Waals surface area (Å²) in [4.78, 5) is 17.1. The molecular weight excluding hydrogens is 533 g/mol. The van der Waals surface area contributed by atoms with Crippen molar-refractivity contribution >= 4 is 23.0 Å². The number of hydrogen-bond acceptors (Lipinski definition) is 7. The molecule has 0 atom stereocenters. The molecule has 0 aliphatic heterocycles. The highest BCUT2D eigenvalue weighted by Crippen LogP contribution is 2.33. The first-order chi connectivity index (χ1) is 19.2. The van der Waals surface area contributed by atoms with Gasteiger partial charge in [0.2, 0.25) is 0 Å². The zero-order chi connectivity index (χ0) is 30.5. The summed E-state index contributed by atoms with van der Waals surface area (Å²) in [6, 6.07) is 8.59. The Labute approximate surface area is 239 Å². The van der Waals surface area contributed by atoms with Crippen LogP contribution in [0.2, 0.25) is 0 Å². The molecule has 41 heavy (non-hydrogen) atoms. The molecule has 1 heterocycles. The third-order valence-corrected chi connectivity index (χ3v) is 6.77. The van der Waals surface area contributed by atoms with E-state index in [-0.39, 0.29) is 11.3 Å². The predicted octanol–water partition coefficient (Wildman–Crippen LogP) is 4.20. The molecule has 3 rings (SSSR count). The lowest BCUT2D eigenvalue weighted by Crippen LogP contribution is -2.28. The molecule has 1 aromatic heterocycles. The van der Waals surface area contributed by atoms with Crippen LogP contribution in [0.25, 0.3) is 5.70 Å². The Morgan fingerprint density at radius 3 is 2.39 bits per heavy atom. The molecule has 0 aliphatic carbocycles. The van der Waals surface area contributed by atoms with Crippen LogP contribution in [0.1, 0.15) is 38.3 Å². The number of carbonyl (C=O) groups excluding carboxylic acids is 1. The lowest BCUT2D eigenvalue weighted by molar-refractivity contribution is -0.137. The smallest absolute Gasteiger partial charge is 0.386 e. The number of nitrogens with one attached hydrogen (secondary N) is 2. The van der Waals surface area contributed by atoms with Gasteiger partial charge in [-0.05, 0) is 76.4 Å². The third-order valence-electron chi connectivity index (χ3n) is 6.77. The van der Waals surface area contributed by atoms with E-state index >= 15 is 0 Å². The van der Waals surface area contributed by atoms with E-state index in [1.54, 1.807) is 48.4 Å². The van der Waals surface area contributed by atoms with Gasteiger partial charge in [0.15, 0.2) is 0 Å². The van der Waals surface area contributed by atoms with Crippen LogP contribution in [0.15, 0.2) is 48.8 Å². The largest absolute Gasteiger partial charge is 0.416 e. The van der Waals surface area contributed by atoms with Crippen molar-refractivity contribution in [1.82, 2.24) is 24.9 Å². The van der Waals surface area contributed by atoms with Gasteiger partial charge in [0.1, 0.15) is 0 Å². The topological polar surface area (TPSA) is 94.7 Å². The molecule has 0 bridgehead atoms. The number of likely N-dealkylation sites (N-methyl/N-ethyl adjacent to an activating group) is 2. The van der Waals surface area contributed by atoms with Crippen molar-refractivity contribution in [2.75, 3.05) is 51.6 Å².